The van der Waals surface area contributed by atoms with Gasteiger partial charge >= 0.3 is 0 Å². The fourth-order valence-electron chi connectivity index (χ4n) is 5.62. The van der Waals surface area contributed by atoms with Gasteiger partial charge in [-0.05, 0) is 62.8 Å². The van der Waals surface area contributed by atoms with E-state index in [1.807, 2.05) is 18.2 Å². The third kappa shape index (κ3) is 3.70. The van der Waals surface area contributed by atoms with Crippen molar-refractivity contribution in [2.75, 3.05) is 37.3 Å². The number of benzene rings is 1. The Hall–Kier alpha value is -2.85. The molecule has 2 fully saturated rings. The number of nitrogens with zero attached hydrogens (tertiary/aromatic N) is 2. The van der Waals surface area contributed by atoms with E-state index in [2.05, 4.69) is 16.3 Å². The first kappa shape index (κ1) is 20.1. The first-order valence-electron chi connectivity index (χ1n) is 11.3. The van der Waals surface area contributed by atoms with Gasteiger partial charge in [-0.1, -0.05) is 0 Å². The molecule has 0 amide bonds. The molecule has 0 unspecified atom stereocenters. The fraction of sp³-hybridized carbons (Fsp3) is 0.542. The minimum absolute atomic E-state index is 0.0927. The van der Waals surface area contributed by atoms with Crippen LogP contribution >= 0.6 is 0 Å². The summed E-state index contributed by atoms with van der Waals surface area (Å²) in [6.45, 7) is 3.95. The summed E-state index contributed by atoms with van der Waals surface area (Å²) >= 11 is 0. The van der Waals surface area contributed by atoms with Crippen LogP contribution in [0.5, 0.6) is 5.75 Å². The zero-order chi connectivity index (χ0) is 21.5. The topological polar surface area (TPSA) is 108 Å². The van der Waals surface area contributed by atoms with E-state index in [0.29, 0.717) is 29.0 Å². The molecule has 1 aliphatic carbocycles. The van der Waals surface area contributed by atoms with Crippen molar-refractivity contribution in [3.63, 3.8) is 0 Å². The van der Waals surface area contributed by atoms with E-state index in [-0.39, 0.29) is 11.7 Å². The molecule has 2 aromatic carbocycles. The Morgan fingerprint density at radius 1 is 1.16 bits per heavy atom. The largest absolute Gasteiger partial charge is 0.493 e. The molecule has 0 bridgehead atoms. The first-order chi connectivity index (χ1) is 15.0. The number of fused-ring (bicyclic) bond motifs is 3. The van der Waals surface area contributed by atoms with Crippen molar-refractivity contribution in [2.24, 2.45) is 11.8 Å². The monoisotopic (exact) mass is 420 g/mol. The number of nitrogen functional groups attached to an aromatic ring is 1. The van der Waals surface area contributed by atoms with Gasteiger partial charge in [-0.2, -0.15) is 5.26 Å². The van der Waals surface area contributed by atoms with Gasteiger partial charge in [0.2, 0.25) is 0 Å². The van der Waals surface area contributed by atoms with Crippen molar-refractivity contribution in [3.8, 4) is 11.8 Å². The molecule has 2 aliphatic heterocycles. The van der Waals surface area contributed by atoms with E-state index in [0.717, 1.165) is 57.7 Å². The Labute approximate surface area is 181 Å². The quantitative estimate of drug-likeness (QED) is 0.714. The predicted octanol–water partition coefficient (Wildman–Crippen LogP) is 2.21. The maximum absolute atomic E-state index is 11.6. The van der Waals surface area contributed by atoms with Gasteiger partial charge < -0.3 is 20.7 Å². The molecule has 3 N–H and O–H groups in total. The van der Waals surface area contributed by atoms with Crippen LogP contribution in [-0.4, -0.2) is 37.2 Å². The van der Waals surface area contributed by atoms with Crippen LogP contribution < -0.4 is 26.6 Å². The maximum atomic E-state index is 11.6. The molecule has 7 nitrogen and oxygen atoms in total. The normalized spacial score (nSPS) is 27.8. The van der Waals surface area contributed by atoms with Gasteiger partial charge in [-0.15, -0.1) is 0 Å². The lowest BCUT2D eigenvalue weighted by molar-refractivity contribution is 0.209. The zero-order valence-corrected chi connectivity index (χ0v) is 17.6. The Bertz CT molecular complexity index is 1090. The third-order valence-corrected chi connectivity index (χ3v) is 7.50. The summed E-state index contributed by atoms with van der Waals surface area (Å²) in [6, 6.07) is 8.26. The first-order valence-corrected chi connectivity index (χ1v) is 11.3. The summed E-state index contributed by atoms with van der Waals surface area (Å²) in [7, 11) is 0. The van der Waals surface area contributed by atoms with E-state index in [9.17, 15) is 14.9 Å². The van der Waals surface area contributed by atoms with Gasteiger partial charge in [-0.3, -0.25) is 9.59 Å². The van der Waals surface area contributed by atoms with Crippen molar-refractivity contribution in [1.29, 1.82) is 5.26 Å². The number of rotatable bonds is 5. The Morgan fingerprint density at radius 2 is 1.97 bits per heavy atom. The van der Waals surface area contributed by atoms with E-state index in [1.54, 1.807) is 0 Å². The predicted molar refractivity (Wildman–Crippen MR) is 119 cm³/mol. The van der Waals surface area contributed by atoms with Crippen molar-refractivity contribution in [1.82, 2.24) is 4.90 Å². The molecule has 162 valence electrons. The molecule has 0 radical (unpaired) electrons. The van der Waals surface area contributed by atoms with Crippen LogP contribution in [0.15, 0.2) is 27.8 Å². The van der Waals surface area contributed by atoms with Gasteiger partial charge in [0, 0.05) is 36.5 Å². The zero-order valence-electron chi connectivity index (χ0n) is 17.6. The van der Waals surface area contributed by atoms with Crippen molar-refractivity contribution in [2.45, 2.75) is 44.1 Å². The Balaban J connectivity index is 1.11. The molecule has 5 rings (SSSR count). The second-order valence-electron chi connectivity index (χ2n) is 9.40. The van der Waals surface area contributed by atoms with Gasteiger partial charge in [-0.25, -0.2) is 0 Å². The fourth-order valence-corrected chi connectivity index (χ4v) is 5.62. The molecule has 7 heteroatoms. The lowest BCUT2D eigenvalue weighted by Crippen LogP contribution is -2.40. The van der Waals surface area contributed by atoms with E-state index >= 15 is 0 Å². The smallest absolute Gasteiger partial charge is 0.253 e. The van der Waals surface area contributed by atoms with Gasteiger partial charge in [0.1, 0.15) is 17.1 Å². The highest BCUT2D eigenvalue weighted by Crippen LogP contribution is 2.42. The number of hydrogen-bond donors (Lipinski definition) is 2. The highest BCUT2D eigenvalue weighted by atomic mass is 16.5. The minimum atomic E-state index is -0.556. The van der Waals surface area contributed by atoms with E-state index in [4.69, 9.17) is 10.5 Å². The number of hydrogen-bond acceptors (Lipinski definition) is 7. The Morgan fingerprint density at radius 3 is 2.71 bits per heavy atom. The molecule has 2 heterocycles. The molecular formula is C24H28N4O3. The summed E-state index contributed by atoms with van der Waals surface area (Å²) in [5.74, 6) is 2.59. The number of nitriles is 1. The van der Waals surface area contributed by atoms with Crippen LogP contribution in [0.2, 0.25) is 0 Å². The average Bonchev–Trinajstić information content (AvgIpc) is 3.24. The number of ether oxygens (including phenoxy) is 1. The average molecular weight is 421 g/mol. The van der Waals surface area contributed by atoms with Crippen molar-refractivity contribution < 1.29 is 4.74 Å². The SMILES string of the molecule is N#Cc1ccc2c(c1)[C@@H]1CN(CCC3CCC(Nc4c(N)c(=O)c4=O)CC3)C[C@H]1CO2. The second-order valence-corrected chi connectivity index (χ2v) is 9.40. The summed E-state index contributed by atoms with van der Waals surface area (Å²) in [6.07, 6.45) is 5.45. The second kappa shape index (κ2) is 8.01. The lowest BCUT2D eigenvalue weighted by atomic mass is 9.84. The number of likely N-dealkylation sites (tertiary alicyclic amines) is 1. The van der Waals surface area contributed by atoms with Crippen molar-refractivity contribution >= 4 is 11.4 Å². The van der Waals surface area contributed by atoms with E-state index in [1.165, 1.54) is 12.0 Å². The number of nitrogens with one attached hydrogen (secondary N) is 1. The summed E-state index contributed by atoms with van der Waals surface area (Å²) in [5.41, 5.74) is 6.93. The highest BCUT2D eigenvalue weighted by molar-refractivity contribution is 5.71. The molecule has 1 saturated carbocycles. The summed E-state index contributed by atoms with van der Waals surface area (Å²) in [5, 5.41) is 12.4. The van der Waals surface area contributed by atoms with Crippen LogP contribution in [0, 0.1) is 23.2 Å². The summed E-state index contributed by atoms with van der Waals surface area (Å²) < 4.78 is 5.96. The minimum Gasteiger partial charge on any atom is -0.493 e. The lowest BCUT2D eigenvalue weighted by Gasteiger charge is -2.31. The molecule has 0 spiro atoms. The number of nitrogens with two attached hydrogens (primary N) is 1. The molecule has 1 saturated heterocycles. The van der Waals surface area contributed by atoms with Crippen LogP contribution in [0.1, 0.15) is 49.1 Å². The molecule has 3 aliphatic rings. The third-order valence-electron chi connectivity index (χ3n) is 7.50. The maximum Gasteiger partial charge on any atom is 0.253 e. The summed E-state index contributed by atoms with van der Waals surface area (Å²) in [4.78, 5) is 25.4. The van der Waals surface area contributed by atoms with E-state index < -0.39 is 10.9 Å². The standard InChI is InChI=1S/C24H28N4O3/c25-10-15-3-6-20-18(9-15)19-12-28(11-16(19)13-31-20)8-7-14-1-4-17(5-2-14)27-22-21(26)23(29)24(22)30/h3,6,9,14,16-17,19,27H,1-2,4-5,7-8,11-13,26H2/t14?,16-,17?,19+/m0/s1. The highest BCUT2D eigenvalue weighted by Gasteiger charge is 2.39. The molecule has 31 heavy (non-hydrogen) atoms. The molecule has 0 aromatic heterocycles. The van der Waals surface area contributed by atoms with Crippen LogP contribution in [0.25, 0.3) is 0 Å². The van der Waals surface area contributed by atoms with Gasteiger partial charge in [0.15, 0.2) is 0 Å². The van der Waals surface area contributed by atoms with Crippen LogP contribution in [-0.2, 0) is 0 Å². The molecule has 2 aromatic rings. The Kier molecular flexibility index (Phi) is 5.19. The van der Waals surface area contributed by atoms with Gasteiger partial charge in [0.05, 0.1) is 18.2 Å². The van der Waals surface area contributed by atoms with Crippen LogP contribution in [0.4, 0.5) is 11.4 Å². The van der Waals surface area contributed by atoms with Crippen molar-refractivity contribution in [3.05, 3.63) is 49.8 Å². The molecule has 2 atom stereocenters. The van der Waals surface area contributed by atoms with Crippen LogP contribution in [0.3, 0.4) is 0 Å². The molecular weight excluding hydrogens is 392 g/mol. The number of anilines is 2. The van der Waals surface area contributed by atoms with Gasteiger partial charge in [0.25, 0.3) is 10.9 Å².